The highest BCUT2D eigenvalue weighted by atomic mass is 15.1. The van der Waals surface area contributed by atoms with Gasteiger partial charge in [-0.25, -0.2) is 0 Å². The van der Waals surface area contributed by atoms with E-state index in [4.69, 9.17) is 0 Å². The van der Waals surface area contributed by atoms with Crippen molar-refractivity contribution in [3.63, 3.8) is 0 Å². The number of rotatable bonds is 3. The van der Waals surface area contributed by atoms with Crippen molar-refractivity contribution < 1.29 is 0 Å². The quantitative estimate of drug-likeness (QED) is 0.865. The van der Waals surface area contributed by atoms with E-state index in [2.05, 4.69) is 40.2 Å². The van der Waals surface area contributed by atoms with E-state index >= 15 is 0 Å². The van der Waals surface area contributed by atoms with Crippen LogP contribution in [0, 0.1) is 11.3 Å². The van der Waals surface area contributed by atoms with Gasteiger partial charge in [-0.1, -0.05) is 30.3 Å². The molecule has 0 N–H and O–H groups in total. The van der Waals surface area contributed by atoms with Gasteiger partial charge in [-0.3, -0.25) is 9.88 Å². The zero-order valence-corrected chi connectivity index (χ0v) is 12.1. The lowest BCUT2D eigenvalue weighted by Crippen LogP contribution is -2.41. The van der Waals surface area contributed by atoms with E-state index in [0.717, 1.165) is 38.0 Å². The molecule has 0 spiro atoms. The first kappa shape index (κ1) is 13.8. The Labute approximate surface area is 125 Å². The SMILES string of the molecule is N#CC1(c2ccccc2)CCN(Cc2ccncc2)CC1. The second-order valence-electron chi connectivity index (χ2n) is 5.69. The molecule has 1 aromatic heterocycles. The number of aromatic nitrogens is 1. The number of hydrogen-bond donors (Lipinski definition) is 0. The van der Waals surface area contributed by atoms with Gasteiger partial charge in [0, 0.05) is 32.0 Å². The predicted molar refractivity (Wildman–Crippen MR) is 82.5 cm³/mol. The van der Waals surface area contributed by atoms with Crippen LogP contribution < -0.4 is 0 Å². The smallest absolute Gasteiger partial charge is 0.0846 e. The van der Waals surface area contributed by atoms with Gasteiger partial charge in [-0.2, -0.15) is 5.26 Å². The minimum atomic E-state index is -0.310. The van der Waals surface area contributed by atoms with Crippen LogP contribution in [0.2, 0.25) is 0 Å². The monoisotopic (exact) mass is 277 g/mol. The minimum Gasteiger partial charge on any atom is -0.299 e. The maximum absolute atomic E-state index is 9.69. The Bertz CT molecular complexity index is 608. The van der Waals surface area contributed by atoms with Gasteiger partial charge in [-0.15, -0.1) is 0 Å². The van der Waals surface area contributed by atoms with E-state index in [9.17, 15) is 5.26 Å². The molecule has 0 amide bonds. The van der Waals surface area contributed by atoms with Gasteiger partial charge in [0.15, 0.2) is 0 Å². The van der Waals surface area contributed by atoms with E-state index < -0.39 is 0 Å². The topological polar surface area (TPSA) is 39.9 Å². The van der Waals surface area contributed by atoms with E-state index in [1.807, 2.05) is 30.6 Å². The highest BCUT2D eigenvalue weighted by molar-refractivity contribution is 5.33. The number of pyridine rings is 1. The van der Waals surface area contributed by atoms with Crippen molar-refractivity contribution in [1.29, 1.82) is 5.26 Å². The number of nitrogens with zero attached hydrogens (tertiary/aromatic N) is 3. The molecule has 0 unspecified atom stereocenters. The summed E-state index contributed by atoms with van der Waals surface area (Å²) in [6.07, 6.45) is 5.48. The molecule has 1 fully saturated rings. The third-order valence-electron chi connectivity index (χ3n) is 4.41. The van der Waals surface area contributed by atoms with Crippen molar-refractivity contribution in [1.82, 2.24) is 9.88 Å². The van der Waals surface area contributed by atoms with Gasteiger partial charge in [0.2, 0.25) is 0 Å². The summed E-state index contributed by atoms with van der Waals surface area (Å²) >= 11 is 0. The van der Waals surface area contributed by atoms with Crippen LogP contribution >= 0.6 is 0 Å². The average molecular weight is 277 g/mol. The fourth-order valence-corrected chi connectivity index (χ4v) is 3.06. The molecule has 0 radical (unpaired) electrons. The van der Waals surface area contributed by atoms with Crippen LogP contribution in [-0.4, -0.2) is 23.0 Å². The molecule has 3 nitrogen and oxygen atoms in total. The summed E-state index contributed by atoms with van der Waals surface area (Å²) in [6, 6.07) is 16.9. The number of benzene rings is 1. The third kappa shape index (κ3) is 2.96. The zero-order valence-electron chi connectivity index (χ0n) is 12.1. The molecule has 1 saturated heterocycles. The summed E-state index contributed by atoms with van der Waals surface area (Å²) in [5.41, 5.74) is 2.14. The average Bonchev–Trinajstić information content (AvgIpc) is 2.58. The van der Waals surface area contributed by atoms with Crippen molar-refractivity contribution in [2.24, 2.45) is 0 Å². The minimum absolute atomic E-state index is 0.310. The number of nitriles is 1. The lowest BCUT2D eigenvalue weighted by Gasteiger charge is -2.37. The fraction of sp³-hybridized carbons (Fsp3) is 0.333. The lowest BCUT2D eigenvalue weighted by molar-refractivity contribution is 0.179. The van der Waals surface area contributed by atoms with Gasteiger partial charge < -0.3 is 0 Å². The van der Waals surface area contributed by atoms with Gasteiger partial charge in [-0.05, 0) is 36.1 Å². The number of hydrogen-bond acceptors (Lipinski definition) is 3. The Kier molecular flexibility index (Phi) is 3.98. The van der Waals surface area contributed by atoms with Crippen LogP contribution in [0.1, 0.15) is 24.0 Å². The molecule has 2 aromatic rings. The summed E-state index contributed by atoms with van der Waals surface area (Å²) in [5.74, 6) is 0. The second-order valence-corrected chi connectivity index (χ2v) is 5.69. The first-order valence-corrected chi connectivity index (χ1v) is 7.40. The Morgan fingerprint density at radius 2 is 1.71 bits per heavy atom. The van der Waals surface area contributed by atoms with E-state index in [0.29, 0.717) is 0 Å². The molecule has 0 atom stereocenters. The Morgan fingerprint density at radius 1 is 1.05 bits per heavy atom. The molecule has 2 heterocycles. The molecule has 1 aromatic carbocycles. The van der Waals surface area contributed by atoms with E-state index in [-0.39, 0.29) is 5.41 Å². The summed E-state index contributed by atoms with van der Waals surface area (Å²) in [6.45, 7) is 2.87. The predicted octanol–water partition coefficient (Wildman–Crippen LogP) is 3.14. The molecule has 3 rings (SSSR count). The van der Waals surface area contributed by atoms with Crippen molar-refractivity contribution >= 4 is 0 Å². The molecule has 21 heavy (non-hydrogen) atoms. The van der Waals surface area contributed by atoms with Crippen molar-refractivity contribution in [3.8, 4) is 6.07 Å². The van der Waals surface area contributed by atoms with Gasteiger partial charge in [0.1, 0.15) is 0 Å². The van der Waals surface area contributed by atoms with Crippen molar-refractivity contribution in [3.05, 3.63) is 66.0 Å². The van der Waals surface area contributed by atoms with Gasteiger partial charge >= 0.3 is 0 Å². The molecule has 1 aliphatic rings. The summed E-state index contributed by atoms with van der Waals surface area (Å²) < 4.78 is 0. The summed E-state index contributed by atoms with van der Waals surface area (Å²) in [5, 5.41) is 9.69. The lowest BCUT2D eigenvalue weighted by atomic mass is 9.74. The van der Waals surface area contributed by atoms with Crippen LogP contribution in [-0.2, 0) is 12.0 Å². The maximum atomic E-state index is 9.69. The van der Waals surface area contributed by atoms with Crippen LogP contribution in [0.25, 0.3) is 0 Å². The Hall–Kier alpha value is -2.18. The van der Waals surface area contributed by atoms with Crippen molar-refractivity contribution in [2.45, 2.75) is 24.8 Å². The highest BCUT2D eigenvalue weighted by Gasteiger charge is 2.36. The molecule has 0 saturated carbocycles. The molecule has 106 valence electrons. The Balaban J connectivity index is 1.68. The maximum Gasteiger partial charge on any atom is 0.0846 e. The van der Waals surface area contributed by atoms with E-state index in [1.54, 1.807) is 0 Å². The van der Waals surface area contributed by atoms with Crippen LogP contribution in [0.15, 0.2) is 54.9 Å². The van der Waals surface area contributed by atoms with Gasteiger partial charge in [0.05, 0.1) is 11.5 Å². The standard InChI is InChI=1S/C18H19N3/c19-15-18(17-4-2-1-3-5-17)8-12-21(13-9-18)14-16-6-10-20-11-7-16/h1-7,10-11H,8-9,12-14H2. The van der Waals surface area contributed by atoms with Crippen LogP contribution in [0.3, 0.4) is 0 Å². The van der Waals surface area contributed by atoms with Crippen LogP contribution in [0.4, 0.5) is 0 Å². The molecule has 3 heteroatoms. The van der Waals surface area contributed by atoms with Gasteiger partial charge in [0.25, 0.3) is 0 Å². The second kappa shape index (κ2) is 6.07. The number of piperidine rings is 1. The summed E-state index contributed by atoms with van der Waals surface area (Å²) in [7, 11) is 0. The first-order chi connectivity index (χ1) is 10.3. The fourth-order valence-electron chi connectivity index (χ4n) is 3.06. The molecule has 1 aliphatic heterocycles. The molecular weight excluding hydrogens is 258 g/mol. The zero-order chi connectivity index (χ0) is 14.5. The molecule has 0 bridgehead atoms. The number of likely N-dealkylation sites (tertiary alicyclic amines) is 1. The third-order valence-corrected chi connectivity index (χ3v) is 4.41. The van der Waals surface area contributed by atoms with E-state index in [1.165, 1.54) is 5.56 Å². The largest absolute Gasteiger partial charge is 0.299 e. The molecular formula is C18H19N3. The van der Waals surface area contributed by atoms with Crippen LogP contribution in [0.5, 0.6) is 0 Å². The molecule has 0 aliphatic carbocycles. The van der Waals surface area contributed by atoms with Crippen molar-refractivity contribution in [2.75, 3.05) is 13.1 Å². The first-order valence-electron chi connectivity index (χ1n) is 7.40. The Morgan fingerprint density at radius 3 is 2.33 bits per heavy atom. The normalized spacial score (nSPS) is 18.0. The summed E-state index contributed by atoms with van der Waals surface area (Å²) in [4.78, 5) is 6.48. The highest BCUT2D eigenvalue weighted by Crippen LogP contribution is 2.35.